The van der Waals surface area contributed by atoms with Crippen molar-refractivity contribution in [3.05, 3.63) is 68.8 Å². The average molecular weight is 382 g/mol. The number of imide groups is 2. The summed E-state index contributed by atoms with van der Waals surface area (Å²) in [5.41, 5.74) is 4.27. The van der Waals surface area contributed by atoms with E-state index in [2.05, 4.69) is 0 Å². The van der Waals surface area contributed by atoms with Gasteiger partial charge in [0.15, 0.2) is 0 Å². The number of hydrogen-bond acceptors (Lipinski definition) is 6. The summed E-state index contributed by atoms with van der Waals surface area (Å²) < 4.78 is 0. The van der Waals surface area contributed by atoms with Gasteiger partial charge in [0.1, 0.15) is 0 Å². The number of carbonyl (C=O) groups is 4. The monoisotopic (exact) mass is 382 g/mol. The van der Waals surface area contributed by atoms with E-state index >= 15 is 0 Å². The third-order valence-corrected chi connectivity index (χ3v) is 4.74. The van der Waals surface area contributed by atoms with Gasteiger partial charge in [0, 0.05) is 0 Å². The molecule has 0 bridgehead atoms. The zero-order valence-corrected chi connectivity index (χ0v) is 15.7. The van der Waals surface area contributed by atoms with Gasteiger partial charge in [0.25, 0.3) is 23.6 Å². The maximum Gasteiger partial charge on any atom is 0.285 e. The highest BCUT2D eigenvalue weighted by Gasteiger charge is 2.37. The topological polar surface area (TPSA) is 115 Å². The van der Waals surface area contributed by atoms with E-state index in [1.54, 1.807) is 39.0 Å². The highest BCUT2D eigenvalue weighted by molar-refractivity contribution is 6.22. The van der Waals surface area contributed by atoms with E-state index in [0.29, 0.717) is 27.8 Å². The van der Waals surface area contributed by atoms with Crippen molar-refractivity contribution in [2.75, 3.05) is 0 Å². The first kappa shape index (κ1) is 19.4. The molecule has 144 valence electrons. The van der Waals surface area contributed by atoms with Crippen LogP contribution in [0.2, 0.25) is 0 Å². The van der Waals surface area contributed by atoms with Crippen LogP contribution in [0.15, 0.2) is 24.3 Å². The first-order chi connectivity index (χ1) is 13.1. The minimum atomic E-state index is -0.642. The quantitative estimate of drug-likeness (QED) is 0.534. The molecule has 28 heavy (non-hydrogen) atoms. The van der Waals surface area contributed by atoms with Gasteiger partial charge >= 0.3 is 0 Å². The Kier molecular flexibility index (Phi) is 4.62. The smallest absolute Gasteiger partial charge is 0.278 e. The summed E-state index contributed by atoms with van der Waals surface area (Å²) in [6.07, 6.45) is 0. The summed E-state index contributed by atoms with van der Waals surface area (Å²) in [6, 6.07) is 6.94. The van der Waals surface area contributed by atoms with Crippen molar-refractivity contribution in [3.8, 4) is 0 Å². The van der Waals surface area contributed by atoms with E-state index in [1.165, 1.54) is 0 Å². The molecule has 8 nitrogen and oxygen atoms in total. The number of nitrogens with zero attached hydrogens (tertiary/aromatic N) is 2. The predicted molar refractivity (Wildman–Crippen MR) is 96.4 cm³/mol. The number of rotatable bonds is 0. The zero-order valence-electron chi connectivity index (χ0n) is 15.7. The van der Waals surface area contributed by atoms with Crippen LogP contribution >= 0.6 is 0 Å². The maximum atomic E-state index is 11.4. The molecule has 2 N–H and O–H groups in total. The fourth-order valence-corrected chi connectivity index (χ4v) is 3.40. The molecule has 2 aliphatic heterocycles. The minimum Gasteiger partial charge on any atom is -0.278 e. The highest BCUT2D eigenvalue weighted by Crippen LogP contribution is 2.27. The molecule has 0 unspecified atom stereocenters. The predicted octanol–water partition coefficient (Wildman–Crippen LogP) is 2.58. The van der Waals surface area contributed by atoms with E-state index in [4.69, 9.17) is 5.21 Å². The number of benzene rings is 2. The van der Waals surface area contributed by atoms with Gasteiger partial charge in [-0.2, -0.15) is 0 Å². The molecule has 8 heteroatoms. The van der Waals surface area contributed by atoms with Gasteiger partial charge in [-0.15, -0.1) is 10.1 Å². The number of hydrogen-bond donors (Lipinski definition) is 2. The Morgan fingerprint density at radius 2 is 1.04 bits per heavy atom. The molecule has 4 rings (SSSR count). The lowest BCUT2D eigenvalue weighted by atomic mass is 9.99. The fraction of sp³-hybridized carbons (Fsp3) is 0.200. The second-order valence-corrected chi connectivity index (χ2v) is 6.80. The van der Waals surface area contributed by atoms with E-state index < -0.39 is 23.6 Å². The number of amides is 4. The van der Waals surface area contributed by atoms with Gasteiger partial charge in [-0.25, -0.2) is 0 Å². The van der Waals surface area contributed by atoms with Crippen LogP contribution < -0.4 is 0 Å². The van der Waals surface area contributed by atoms with Crippen LogP contribution in [0.5, 0.6) is 0 Å². The van der Waals surface area contributed by atoms with Gasteiger partial charge in [-0.3, -0.25) is 29.6 Å². The number of carbonyl (C=O) groups excluding carboxylic acids is 4. The van der Waals surface area contributed by atoms with Crippen LogP contribution in [0.1, 0.15) is 63.7 Å². The lowest BCUT2D eigenvalue weighted by Gasteiger charge is -2.01. The van der Waals surface area contributed by atoms with E-state index in [0.717, 1.165) is 11.1 Å². The molecule has 2 heterocycles. The Morgan fingerprint density at radius 1 is 0.607 bits per heavy atom. The summed E-state index contributed by atoms with van der Waals surface area (Å²) in [5.74, 6) is -2.54. The fourth-order valence-electron chi connectivity index (χ4n) is 3.40. The normalized spacial score (nSPS) is 14.9. The molecule has 0 aromatic heterocycles. The molecular weight excluding hydrogens is 364 g/mol. The van der Waals surface area contributed by atoms with Crippen molar-refractivity contribution in [1.29, 1.82) is 0 Å². The van der Waals surface area contributed by atoms with Crippen molar-refractivity contribution in [2.45, 2.75) is 27.7 Å². The van der Waals surface area contributed by atoms with Gasteiger partial charge in [0.2, 0.25) is 0 Å². The Labute approximate surface area is 160 Å². The third-order valence-electron chi connectivity index (χ3n) is 4.74. The number of fused-ring (bicyclic) bond motifs is 2. The van der Waals surface area contributed by atoms with Crippen LogP contribution in [-0.2, 0) is 0 Å². The standard InChI is InChI=1S/2C10H9NO3/c1-5-3-6(2)8-7(4-5)9(12)11(14)10(8)13;1-5-3-4-6(2)8-7(5)9(12)11(14)10(8)13/h2*3-4,14H,1-2H3. The molecule has 0 radical (unpaired) electrons. The van der Waals surface area contributed by atoms with Crippen LogP contribution in [0.3, 0.4) is 0 Å². The lowest BCUT2D eigenvalue weighted by Crippen LogP contribution is -2.25. The van der Waals surface area contributed by atoms with E-state index in [1.807, 2.05) is 13.0 Å². The summed E-state index contributed by atoms with van der Waals surface area (Å²) >= 11 is 0. The first-order valence-electron chi connectivity index (χ1n) is 8.43. The maximum absolute atomic E-state index is 11.4. The van der Waals surface area contributed by atoms with Gasteiger partial charge in [-0.05, 0) is 50.5 Å². The first-order valence-corrected chi connectivity index (χ1v) is 8.43. The molecule has 2 aliphatic rings. The van der Waals surface area contributed by atoms with Gasteiger partial charge in [0.05, 0.1) is 22.3 Å². The molecule has 0 spiro atoms. The molecule has 0 fully saturated rings. The Balaban J connectivity index is 0.000000161. The average Bonchev–Trinajstić information content (AvgIpc) is 3.00. The number of aryl methyl sites for hydroxylation is 4. The SMILES string of the molecule is Cc1cc(C)c2c(c1)C(=O)N(O)C2=O.Cc1ccc(C)c2c1C(=O)N(O)C2=O. The molecule has 2 aromatic rings. The second kappa shape index (κ2) is 6.66. The zero-order chi connectivity index (χ0) is 20.9. The van der Waals surface area contributed by atoms with Crippen LogP contribution in [-0.4, -0.2) is 44.2 Å². The lowest BCUT2D eigenvalue weighted by molar-refractivity contribution is -0.0330. The van der Waals surface area contributed by atoms with Crippen LogP contribution in [0.25, 0.3) is 0 Å². The van der Waals surface area contributed by atoms with Crippen molar-refractivity contribution in [3.63, 3.8) is 0 Å². The molecule has 0 saturated carbocycles. The Morgan fingerprint density at radius 3 is 1.54 bits per heavy atom. The summed E-state index contributed by atoms with van der Waals surface area (Å²) in [6.45, 7) is 7.06. The van der Waals surface area contributed by atoms with Gasteiger partial charge < -0.3 is 0 Å². The summed E-state index contributed by atoms with van der Waals surface area (Å²) in [4.78, 5) is 45.6. The highest BCUT2D eigenvalue weighted by atomic mass is 16.5. The van der Waals surface area contributed by atoms with Crippen LogP contribution in [0, 0.1) is 27.7 Å². The third kappa shape index (κ3) is 2.79. The molecule has 4 amide bonds. The molecule has 0 saturated heterocycles. The van der Waals surface area contributed by atoms with E-state index in [9.17, 15) is 24.4 Å². The Bertz CT molecular complexity index is 1030. The molecule has 2 aromatic carbocycles. The molecule has 0 atom stereocenters. The van der Waals surface area contributed by atoms with E-state index in [-0.39, 0.29) is 15.7 Å². The van der Waals surface area contributed by atoms with Crippen LogP contribution in [0.4, 0.5) is 0 Å². The minimum absolute atomic E-state index is 0.164. The Hall–Kier alpha value is -3.36. The van der Waals surface area contributed by atoms with Crippen molar-refractivity contribution in [1.82, 2.24) is 10.1 Å². The summed E-state index contributed by atoms with van der Waals surface area (Å²) in [7, 11) is 0. The molecule has 0 aliphatic carbocycles. The van der Waals surface area contributed by atoms with Crippen molar-refractivity contribution < 1.29 is 29.6 Å². The number of hydroxylamine groups is 4. The van der Waals surface area contributed by atoms with Crippen molar-refractivity contribution in [2.24, 2.45) is 0 Å². The molecular formula is C20H18N2O6. The van der Waals surface area contributed by atoms with Crippen molar-refractivity contribution >= 4 is 23.6 Å². The second-order valence-electron chi connectivity index (χ2n) is 6.80. The summed E-state index contributed by atoms with van der Waals surface area (Å²) in [5, 5.41) is 18.6. The largest absolute Gasteiger partial charge is 0.285 e. The van der Waals surface area contributed by atoms with Gasteiger partial charge in [-0.1, -0.05) is 23.8 Å².